The van der Waals surface area contributed by atoms with Crippen LogP contribution in [0.3, 0.4) is 0 Å². The van der Waals surface area contributed by atoms with E-state index in [9.17, 15) is 4.79 Å². The molecular weight excluding hydrogens is 314 g/mol. The number of aromatic nitrogens is 4. The zero-order chi connectivity index (χ0) is 17.9. The summed E-state index contributed by atoms with van der Waals surface area (Å²) in [5, 5.41) is 14.3. The fourth-order valence-corrected chi connectivity index (χ4v) is 3.65. The van der Waals surface area contributed by atoms with E-state index in [1.54, 1.807) is 4.68 Å². The maximum Gasteiger partial charge on any atom is 0.251 e. The van der Waals surface area contributed by atoms with Crippen LogP contribution in [0.1, 0.15) is 63.2 Å². The Balaban J connectivity index is 1.60. The second kappa shape index (κ2) is 7.33. The molecule has 0 saturated heterocycles. The molecule has 1 N–H and O–H groups in total. The number of amides is 1. The van der Waals surface area contributed by atoms with E-state index in [0.717, 1.165) is 24.4 Å². The molecule has 0 atom stereocenters. The molecule has 1 aliphatic carbocycles. The molecule has 1 saturated carbocycles. The number of rotatable bonds is 5. The molecule has 0 aliphatic heterocycles. The monoisotopic (exact) mass is 341 g/mol. The first kappa shape index (κ1) is 17.6. The van der Waals surface area contributed by atoms with Gasteiger partial charge in [0.2, 0.25) is 0 Å². The lowest BCUT2D eigenvalue weighted by Gasteiger charge is -2.39. The fourth-order valence-electron chi connectivity index (χ4n) is 3.65. The number of carbonyl (C=O) groups excluding carboxylic acids is 1. The first-order chi connectivity index (χ1) is 12.0. The van der Waals surface area contributed by atoms with Crippen molar-refractivity contribution < 1.29 is 4.79 Å². The Kier molecular flexibility index (Phi) is 5.16. The normalized spacial score (nSPS) is 21.1. The Labute approximate surface area is 149 Å². The van der Waals surface area contributed by atoms with Crippen LogP contribution >= 0.6 is 0 Å². The minimum absolute atomic E-state index is 0.0203. The summed E-state index contributed by atoms with van der Waals surface area (Å²) in [6.45, 7) is 6.99. The van der Waals surface area contributed by atoms with Gasteiger partial charge < -0.3 is 5.32 Å². The Bertz CT molecular complexity index is 702. The summed E-state index contributed by atoms with van der Waals surface area (Å²) >= 11 is 0. The summed E-state index contributed by atoms with van der Waals surface area (Å²) in [6.07, 6.45) is 7.23. The van der Waals surface area contributed by atoms with E-state index < -0.39 is 0 Å². The van der Waals surface area contributed by atoms with Crippen LogP contribution in [0.5, 0.6) is 0 Å². The second-order valence-corrected chi connectivity index (χ2v) is 7.67. The molecular formula is C19H27N5O. The third-order valence-corrected chi connectivity index (χ3v) is 5.80. The Morgan fingerprint density at radius 2 is 2.04 bits per heavy atom. The van der Waals surface area contributed by atoms with Crippen molar-refractivity contribution in [2.75, 3.05) is 0 Å². The molecule has 3 rings (SSSR count). The Morgan fingerprint density at radius 3 is 2.68 bits per heavy atom. The third-order valence-electron chi connectivity index (χ3n) is 5.80. The summed E-state index contributed by atoms with van der Waals surface area (Å²) in [6, 6.07) is 7.65. The number of carbonyl (C=O) groups is 1. The summed E-state index contributed by atoms with van der Waals surface area (Å²) < 4.78 is 1.55. The van der Waals surface area contributed by atoms with E-state index >= 15 is 0 Å². The van der Waals surface area contributed by atoms with Crippen molar-refractivity contribution in [1.82, 2.24) is 25.5 Å². The predicted molar refractivity (Wildman–Crippen MR) is 96.4 cm³/mol. The van der Waals surface area contributed by atoms with Crippen molar-refractivity contribution in [3.05, 3.63) is 36.2 Å². The van der Waals surface area contributed by atoms with Gasteiger partial charge in [0.15, 0.2) is 0 Å². The highest BCUT2D eigenvalue weighted by Gasteiger charge is 2.32. The summed E-state index contributed by atoms with van der Waals surface area (Å²) in [7, 11) is 0. The van der Waals surface area contributed by atoms with E-state index in [2.05, 4.69) is 41.6 Å². The zero-order valence-corrected chi connectivity index (χ0v) is 15.3. The molecule has 2 aromatic rings. The quantitative estimate of drug-likeness (QED) is 0.905. The lowest BCUT2D eigenvalue weighted by atomic mass is 9.69. The van der Waals surface area contributed by atoms with E-state index in [4.69, 9.17) is 0 Å². The fraction of sp³-hybridized carbons (Fsp3) is 0.579. The maximum absolute atomic E-state index is 12.6. The van der Waals surface area contributed by atoms with Gasteiger partial charge in [-0.1, -0.05) is 33.3 Å². The smallest absolute Gasteiger partial charge is 0.251 e. The number of hydrogen-bond acceptors (Lipinski definition) is 4. The largest absolute Gasteiger partial charge is 0.349 e. The van der Waals surface area contributed by atoms with E-state index in [1.807, 2.05) is 24.3 Å². The van der Waals surface area contributed by atoms with E-state index in [0.29, 0.717) is 11.0 Å². The van der Waals surface area contributed by atoms with Crippen molar-refractivity contribution in [1.29, 1.82) is 0 Å². The number of benzene rings is 1. The number of nitrogens with one attached hydrogen (secondary N) is 1. The van der Waals surface area contributed by atoms with Gasteiger partial charge in [-0.25, -0.2) is 4.68 Å². The van der Waals surface area contributed by atoms with Gasteiger partial charge in [-0.3, -0.25) is 4.79 Å². The summed E-state index contributed by atoms with van der Waals surface area (Å²) in [4.78, 5) is 12.6. The first-order valence-electron chi connectivity index (χ1n) is 9.14. The van der Waals surface area contributed by atoms with Crippen LogP contribution in [0.25, 0.3) is 5.69 Å². The summed E-state index contributed by atoms with van der Waals surface area (Å²) in [5.41, 5.74) is 1.82. The van der Waals surface area contributed by atoms with E-state index in [-0.39, 0.29) is 11.9 Å². The van der Waals surface area contributed by atoms with Crippen LogP contribution in [0, 0.1) is 11.3 Å². The molecule has 6 nitrogen and oxygen atoms in total. The highest BCUT2D eigenvalue weighted by molar-refractivity contribution is 5.94. The molecule has 1 amide bonds. The molecule has 1 heterocycles. The zero-order valence-electron chi connectivity index (χ0n) is 15.3. The molecule has 134 valence electrons. The summed E-state index contributed by atoms with van der Waals surface area (Å²) in [5.74, 6) is 0.738. The highest BCUT2D eigenvalue weighted by atomic mass is 16.1. The molecule has 0 radical (unpaired) electrons. The van der Waals surface area contributed by atoms with Gasteiger partial charge in [-0.05, 0) is 65.6 Å². The van der Waals surface area contributed by atoms with Crippen molar-refractivity contribution in [2.24, 2.45) is 11.3 Å². The molecule has 6 heteroatoms. The number of nitrogens with zero attached hydrogens (tertiary/aromatic N) is 4. The topological polar surface area (TPSA) is 72.7 Å². The molecule has 1 fully saturated rings. The van der Waals surface area contributed by atoms with Crippen LogP contribution in [0.15, 0.2) is 30.6 Å². The maximum atomic E-state index is 12.6. The minimum atomic E-state index is -0.0203. The molecule has 1 aliphatic rings. The van der Waals surface area contributed by atoms with Crippen molar-refractivity contribution in [3.8, 4) is 5.69 Å². The molecule has 1 aromatic carbocycles. The van der Waals surface area contributed by atoms with Crippen LogP contribution in [0.2, 0.25) is 0 Å². The molecule has 0 bridgehead atoms. The highest BCUT2D eigenvalue weighted by Crippen LogP contribution is 2.40. The van der Waals surface area contributed by atoms with Crippen molar-refractivity contribution >= 4 is 5.91 Å². The van der Waals surface area contributed by atoms with Crippen molar-refractivity contribution in [2.45, 2.75) is 58.9 Å². The van der Waals surface area contributed by atoms with E-state index in [1.165, 1.54) is 25.6 Å². The van der Waals surface area contributed by atoms with Gasteiger partial charge in [0.05, 0.1) is 5.69 Å². The van der Waals surface area contributed by atoms with Gasteiger partial charge in [-0.2, -0.15) is 0 Å². The van der Waals surface area contributed by atoms with Crippen LogP contribution in [0.4, 0.5) is 0 Å². The average molecular weight is 341 g/mol. The molecule has 0 unspecified atom stereocenters. The average Bonchev–Trinajstić information content (AvgIpc) is 3.17. The van der Waals surface area contributed by atoms with Crippen LogP contribution in [-0.2, 0) is 0 Å². The Morgan fingerprint density at radius 1 is 1.28 bits per heavy atom. The third kappa shape index (κ3) is 4.06. The molecule has 0 spiro atoms. The SMILES string of the molecule is CCC(C)(C)C1CCC(NC(=O)c2cccc(-n3cnnn3)c2)CC1. The second-order valence-electron chi connectivity index (χ2n) is 7.67. The number of hydrogen-bond donors (Lipinski definition) is 1. The van der Waals surface area contributed by atoms with Crippen LogP contribution < -0.4 is 5.32 Å². The van der Waals surface area contributed by atoms with Gasteiger partial charge in [0.1, 0.15) is 6.33 Å². The van der Waals surface area contributed by atoms with Gasteiger partial charge in [0.25, 0.3) is 5.91 Å². The molecule has 1 aromatic heterocycles. The predicted octanol–water partition coefficient (Wildman–Crippen LogP) is 3.39. The minimum Gasteiger partial charge on any atom is -0.349 e. The van der Waals surface area contributed by atoms with Gasteiger partial charge in [-0.15, -0.1) is 5.10 Å². The standard InChI is InChI=1S/C19H27N5O/c1-4-19(2,3)15-8-10-16(11-9-15)21-18(25)14-6-5-7-17(12-14)24-13-20-22-23-24/h5-7,12-13,15-16H,4,8-11H2,1-3H3,(H,21,25). The molecule has 25 heavy (non-hydrogen) atoms. The van der Waals surface area contributed by atoms with Crippen molar-refractivity contribution in [3.63, 3.8) is 0 Å². The lowest BCUT2D eigenvalue weighted by Crippen LogP contribution is -2.39. The lowest BCUT2D eigenvalue weighted by molar-refractivity contribution is 0.0893. The van der Waals surface area contributed by atoms with Crippen LogP contribution in [-0.4, -0.2) is 32.2 Å². The number of tetrazole rings is 1. The Hall–Kier alpha value is -2.24. The van der Waals surface area contributed by atoms with Gasteiger partial charge >= 0.3 is 0 Å². The van der Waals surface area contributed by atoms with Gasteiger partial charge in [0, 0.05) is 11.6 Å². The first-order valence-corrected chi connectivity index (χ1v) is 9.14.